The first-order valence-corrected chi connectivity index (χ1v) is 8.77. The summed E-state index contributed by atoms with van der Waals surface area (Å²) in [7, 11) is 0. The molecule has 1 atom stereocenters. The maximum Gasteiger partial charge on any atom is 0.279 e. The van der Waals surface area contributed by atoms with Crippen molar-refractivity contribution in [2.75, 3.05) is 0 Å². The molecule has 0 aliphatic rings. The lowest BCUT2D eigenvalue weighted by Gasteiger charge is -2.16. The number of aryl methyl sites for hydroxylation is 2. The third kappa shape index (κ3) is 4.44. The SMILES string of the molecule is Cc1ccc(C(=O)NNC(=O)C(C)Oc2ccc3ccccc3c2)c(C)c1. The Bertz CT molecular complexity index is 998. The average Bonchev–Trinajstić information content (AvgIpc) is 2.65. The van der Waals surface area contributed by atoms with E-state index in [4.69, 9.17) is 4.74 Å². The monoisotopic (exact) mass is 362 g/mol. The molecule has 0 fully saturated rings. The van der Waals surface area contributed by atoms with Crippen molar-refractivity contribution >= 4 is 22.6 Å². The minimum atomic E-state index is -0.759. The Labute approximate surface area is 158 Å². The Morgan fingerprint density at radius 3 is 2.37 bits per heavy atom. The van der Waals surface area contributed by atoms with Crippen molar-refractivity contribution in [3.63, 3.8) is 0 Å². The average molecular weight is 362 g/mol. The Morgan fingerprint density at radius 1 is 0.889 bits per heavy atom. The number of fused-ring (bicyclic) bond motifs is 1. The van der Waals surface area contributed by atoms with Gasteiger partial charge >= 0.3 is 0 Å². The number of nitrogens with one attached hydrogen (secondary N) is 2. The molecule has 2 N–H and O–H groups in total. The van der Waals surface area contributed by atoms with E-state index in [2.05, 4.69) is 10.9 Å². The molecule has 3 rings (SSSR count). The van der Waals surface area contributed by atoms with Gasteiger partial charge in [-0.2, -0.15) is 0 Å². The van der Waals surface area contributed by atoms with Crippen LogP contribution in [0, 0.1) is 13.8 Å². The zero-order valence-electron chi connectivity index (χ0n) is 15.6. The highest BCUT2D eigenvalue weighted by Crippen LogP contribution is 2.21. The summed E-state index contributed by atoms with van der Waals surface area (Å²) in [5, 5.41) is 2.13. The Morgan fingerprint density at radius 2 is 1.63 bits per heavy atom. The van der Waals surface area contributed by atoms with Gasteiger partial charge in [0.05, 0.1) is 0 Å². The second-order valence-electron chi connectivity index (χ2n) is 6.53. The fraction of sp³-hybridized carbons (Fsp3) is 0.182. The van der Waals surface area contributed by atoms with Gasteiger partial charge in [0, 0.05) is 5.56 Å². The molecule has 1 unspecified atom stereocenters. The quantitative estimate of drug-likeness (QED) is 0.696. The fourth-order valence-corrected chi connectivity index (χ4v) is 2.85. The highest BCUT2D eigenvalue weighted by atomic mass is 16.5. The smallest absolute Gasteiger partial charge is 0.279 e. The van der Waals surface area contributed by atoms with Gasteiger partial charge < -0.3 is 4.74 Å². The first-order valence-electron chi connectivity index (χ1n) is 8.77. The molecule has 0 aliphatic heterocycles. The summed E-state index contributed by atoms with van der Waals surface area (Å²) in [6.07, 6.45) is -0.759. The molecule has 5 nitrogen and oxygen atoms in total. The lowest BCUT2D eigenvalue weighted by molar-refractivity contribution is -0.128. The van der Waals surface area contributed by atoms with Crippen molar-refractivity contribution in [1.82, 2.24) is 10.9 Å². The van der Waals surface area contributed by atoms with Crippen molar-refractivity contribution in [1.29, 1.82) is 0 Å². The van der Waals surface area contributed by atoms with Gasteiger partial charge in [0.25, 0.3) is 11.8 Å². The molecule has 0 saturated carbocycles. The normalized spacial score (nSPS) is 11.7. The van der Waals surface area contributed by atoms with Crippen LogP contribution in [-0.2, 0) is 4.79 Å². The van der Waals surface area contributed by atoms with Crippen molar-refractivity contribution in [3.05, 3.63) is 77.4 Å². The number of carbonyl (C=O) groups excluding carboxylic acids is 2. The van der Waals surface area contributed by atoms with Crippen LogP contribution in [0.25, 0.3) is 10.8 Å². The molecule has 3 aromatic carbocycles. The number of hydrazine groups is 1. The minimum Gasteiger partial charge on any atom is -0.481 e. The van der Waals surface area contributed by atoms with E-state index in [9.17, 15) is 9.59 Å². The van der Waals surface area contributed by atoms with Crippen molar-refractivity contribution in [3.8, 4) is 5.75 Å². The summed E-state index contributed by atoms with van der Waals surface area (Å²) in [6.45, 7) is 5.45. The summed E-state index contributed by atoms with van der Waals surface area (Å²) in [6, 6.07) is 19.1. The first-order chi connectivity index (χ1) is 12.9. The van der Waals surface area contributed by atoms with E-state index in [1.807, 2.05) is 68.4 Å². The highest BCUT2D eigenvalue weighted by Gasteiger charge is 2.16. The van der Waals surface area contributed by atoms with E-state index < -0.39 is 12.0 Å². The van der Waals surface area contributed by atoms with Crippen LogP contribution in [0.2, 0.25) is 0 Å². The Balaban J connectivity index is 1.59. The molecule has 2 amide bonds. The molecular weight excluding hydrogens is 340 g/mol. The van der Waals surface area contributed by atoms with E-state index >= 15 is 0 Å². The summed E-state index contributed by atoms with van der Waals surface area (Å²) >= 11 is 0. The van der Waals surface area contributed by atoms with Gasteiger partial charge in [-0.1, -0.05) is 48.0 Å². The molecule has 138 valence electrons. The number of carbonyl (C=O) groups is 2. The van der Waals surface area contributed by atoms with Gasteiger partial charge in [-0.05, 0) is 55.3 Å². The van der Waals surface area contributed by atoms with E-state index in [-0.39, 0.29) is 5.91 Å². The molecule has 0 bridgehead atoms. The standard InChI is InChI=1S/C22H22N2O3/c1-14-8-11-20(15(2)12-14)22(26)24-23-21(25)16(3)27-19-10-9-17-6-4-5-7-18(17)13-19/h4-13,16H,1-3H3,(H,23,25)(H,24,26). The highest BCUT2D eigenvalue weighted by molar-refractivity contribution is 5.97. The molecule has 5 heteroatoms. The van der Waals surface area contributed by atoms with Crippen LogP contribution >= 0.6 is 0 Å². The zero-order chi connectivity index (χ0) is 19.4. The van der Waals surface area contributed by atoms with Gasteiger partial charge in [0.15, 0.2) is 6.10 Å². The van der Waals surface area contributed by atoms with Crippen LogP contribution in [0.15, 0.2) is 60.7 Å². The summed E-state index contributed by atoms with van der Waals surface area (Å²) < 4.78 is 5.70. The predicted molar refractivity (Wildman–Crippen MR) is 106 cm³/mol. The van der Waals surface area contributed by atoms with Crippen LogP contribution in [0.5, 0.6) is 5.75 Å². The van der Waals surface area contributed by atoms with Crippen molar-refractivity contribution in [2.24, 2.45) is 0 Å². The summed E-state index contributed by atoms with van der Waals surface area (Å²) in [5.41, 5.74) is 7.29. The number of ether oxygens (including phenoxy) is 1. The molecule has 0 spiro atoms. The second-order valence-corrected chi connectivity index (χ2v) is 6.53. The van der Waals surface area contributed by atoms with Gasteiger partial charge in [-0.15, -0.1) is 0 Å². The minimum absolute atomic E-state index is 0.362. The maximum atomic E-state index is 12.2. The van der Waals surface area contributed by atoms with Crippen LogP contribution in [-0.4, -0.2) is 17.9 Å². The van der Waals surface area contributed by atoms with Gasteiger partial charge in [-0.3, -0.25) is 20.4 Å². The number of hydrogen-bond donors (Lipinski definition) is 2. The lowest BCUT2D eigenvalue weighted by atomic mass is 10.1. The van der Waals surface area contributed by atoms with Gasteiger partial charge in [0.1, 0.15) is 5.75 Å². The summed E-state index contributed by atoms with van der Waals surface area (Å²) in [4.78, 5) is 24.5. The molecule has 0 radical (unpaired) electrons. The van der Waals surface area contributed by atoms with Crippen LogP contribution in [0.3, 0.4) is 0 Å². The molecule has 27 heavy (non-hydrogen) atoms. The molecular formula is C22H22N2O3. The zero-order valence-corrected chi connectivity index (χ0v) is 15.6. The summed E-state index contributed by atoms with van der Waals surface area (Å²) in [5.74, 6) is -0.197. The van der Waals surface area contributed by atoms with Crippen LogP contribution < -0.4 is 15.6 Å². The third-order valence-corrected chi connectivity index (χ3v) is 4.33. The number of amides is 2. The number of rotatable bonds is 4. The maximum absolute atomic E-state index is 12.2. The predicted octanol–water partition coefficient (Wildman–Crippen LogP) is 3.69. The van der Waals surface area contributed by atoms with E-state index in [1.165, 1.54) is 0 Å². The topological polar surface area (TPSA) is 67.4 Å². The van der Waals surface area contributed by atoms with Crippen molar-refractivity contribution in [2.45, 2.75) is 26.9 Å². The fourth-order valence-electron chi connectivity index (χ4n) is 2.85. The van der Waals surface area contributed by atoms with Gasteiger partial charge in [0.2, 0.25) is 0 Å². The molecule has 0 aromatic heterocycles. The largest absolute Gasteiger partial charge is 0.481 e. The van der Waals surface area contributed by atoms with E-state index in [1.54, 1.807) is 13.0 Å². The molecule has 0 aliphatic carbocycles. The lowest BCUT2D eigenvalue weighted by Crippen LogP contribution is -2.47. The van der Waals surface area contributed by atoms with Crippen LogP contribution in [0.4, 0.5) is 0 Å². The van der Waals surface area contributed by atoms with E-state index in [0.717, 1.165) is 21.9 Å². The third-order valence-electron chi connectivity index (χ3n) is 4.33. The van der Waals surface area contributed by atoms with E-state index in [0.29, 0.717) is 11.3 Å². The van der Waals surface area contributed by atoms with Crippen molar-refractivity contribution < 1.29 is 14.3 Å². The molecule has 3 aromatic rings. The number of hydrogen-bond acceptors (Lipinski definition) is 3. The first kappa shape index (κ1) is 18.5. The molecule has 0 saturated heterocycles. The van der Waals surface area contributed by atoms with Crippen LogP contribution in [0.1, 0.15) is 28.4 Å². The molecule has 0 heterocycles. The Hall–Kier alpha value is -3.34. The Kier molecular flexibility index (Phi) is 5.41. The van der Waals surface area contributed by atoms with Gasteiger partial charge in [-0.25, -0.2) is 0 Å². The second kappa shape index (κ2) is 7.91. The number of benzene rings is 3.